The molecule has 0 fully saturated rings. The Balaban J connectivity index is 0. The van der Waals surface area contributed by atoms with Gasteiger partial charge in [-0.2, -0.15) is 0 Å². The summed E-state index contributed by atoms with van der Waals surface area (Å²) in [7, 11) is 0. The fraction of sp³-hybridized carbons (Fsp3) is 0. The molecule has 0 rings (SSSR count). The third-order valence-electron chi connectivity index (χ3n) is 0. The first-order chi connectivity index (χ1) is 0. The average Bonchev–Trinajstić information content (AvgIpc) is 0. The summed E-state index contributed by atoms with van der Waals surface area (Å²) in [5.41, 5.74) is 0. The molecule has 0 saturated heterocycles. The van der Waals surface area contributed by atoms with Gasteiger partial charge in [-0.05, 0) is 0 Å². The van der Waals surface area contributed by atoms with E-state index in [0.717, 1.165) is 0 Å². The number of hydrogen-bond donors (Lipinski definition) is 87. The quantitative estimate of drug-likeness (QED) is 0.107. The maximum atomic E-state index is 0. The Bertz CT molecular complexity index is 55.7. The van der Waals surface area contributed by atoms with Crippen LogP contribution in [0.4, 0.5) is 0 Å². The molecule has 0 aliphatic carbocycles. The Morgan fingerprint density at radius 3 is 0.0200 bits per heavy atom. The molecule has 0 heterocycles. The van der Waals surface area contributed by atoms with Crippen molar-refractivity contribution in [1.29, 1.82) is 0 Å². The first-order valence-electron chi connectivity index (χ1n) is 0. The largest absolute Gasteiger partial charge is 0.344 e. The molecule has 0 spiro atoms. The molecular formula is H274Cl13N87. The average molecular weight is 1960 g/mol. The lowest BCUT2D eigenvalue weighted by Gasteiger charge is -0.345. The van der Waals surface area contributed by atoms with Gasteiger partial charge in [0.2, 0.25) is 0 Å². The summed E-state index contributed by atoms with van der Waals surface area (Å²) in [6.07, 6.45) is 0. The number of rotatable bonds is 0. The third-order valence-corrected chi connectivity index (χ3v) is 0. The van der Waals surface area contributed by atoms with Crippen molar-refractivity contribution in [2.24, 2.45) is 0 Å². The van der Waals surface area contributed by atoms with Gasteiger partial charge in [0.1, 0.15) is 0 Å². The van der Waals surface area contributed by atoms with Gasteiger partial charge < -0.3 is 535 Å². The number of halogens is 13. The summed E-state index contributed by atoms with van der Waals surface area (Å²) in [6, 6.07) is 0. The van der Waals surface area contributed by atoms with Crippen LogP contribution in [0.3, 0.4) is 0 Å². The zero-order valence-corrected chi connectivity index (χ0v) is 77.4. The molecule has 0 aliphatic heterocycles. The van der Waals surface area contributed by atoms with Gasteiger partial charge in [-0.3, -0.25) is 0 Å². The molecule has 0 aromatic heterocycles. The van der Waals surface area contributed by atoms with Crippen LogP contribution in [0.1, 0.15) is 0 Å². The van der Waals surface area contributed by atoms with Crippen LogP contribution in [0.2, 0.25) is 0 Å². The Labute approximate surface area is 693 Å². The van der Waals surface area contributed by atoms with Crippen molar-refractivity contribution >= 4 is 161 Å². The van der Waals surface area contributed by atoms with Gasteiger partial charge in [-0.25, -0.2) is 0 Å². The highest BCUT2D eigenvalue weighted by Crippen LogP contribution is 0.703. The second-order valence-corrected chi connectivity index (χ2v) is 0. The molecule has 0 aromatic carbocycles. The maximum absolute atomic E-state index is 0. The van der Waals surface area contributed by atoms with Gasteiger partial charge in [-0.1, -0.05) is 0 Å². The Hall–Kier alpha value is 0.290. The molecule has 0 saturated carbocycles. The zero-order chi connectivity index (χ0) is 0. The zero-order valence-electron chi connectivity index (χ0n) is 66.8. The highest BCUT2D eigenvalue weighted by atomic mass is 35.5. The van der Waals surface area contributed by atoms with Crippen molar-refractivity contribution in [3.05, 3.63) is 0 Å². The van der Waals surface area contributed by atoms with Crippen LogP contribution < -0.4 is 535 Å². The van der Waals surface area contributed by atoms with E-state index in [0.29, 0.717) is 0 Å². The monoisotopic (exact) mass is 1950 g/mol. The van der Waals surface area contributed by atoms with E-state index in [1.165, 1.54) is 0 Å². The molecule has 100 heavy (non-hydrogen) atoms. The van der Waals surface area contributed by atoms with Crippen LogP contribution in [-0.4, -0.2) is 0 Å². The van der Waals surface area contributed by atoms with Gasteiger partial charge in [0, 0.05) is 0 Å². The SMILES string of the molecule is Cl.Cl.Cl.Cl.Cl.Cl.Cl.Cl.Cl.Cl.Cl.Cl.Cl.N.N.N.N.N.N.N.N.N.N.N.N.N.N.N.N.N.N.N.N.N.N.N.N.N.N.N.N.N.N.N.N.N.N.N.N.N.N.N.N.N.N.N.N.N.N.N.N.N.N.N.N.N.N.N.N.N.N.N.N.N.N.N.N.N.N.N.N.N.N.N.N.N.N.N.N.N.N.N.N.N.N.N.N.N.N.N. The summed E-state index contributed by atoms with van der Waals surface area (Å²) in [6.45, 7) is 0. The molecule has 0 amide bonds. The first kappa shape index (κ1) is 11800000. The van der Waals surface area contributed by atoms with E-state index in [1.54, 1.807) is 0 Å². The Kier molecular flexibility index (Phi) is 1340000000000. The molecule has 0 radical (unpaired) electrons. The Morgan fingerprint density at radius 2 is 0.0200 bits per heavy atom. The highest BCUT2D eigenvalue weighted by molar-refractivity contribution is 5.87. The Morgan fingerprint density at radius 1 is 0.0200 bits per heavy atom. The van der Waals surface area contributed by atoms with E-state index in [-0.39, 0.29) is 696 Å². The summed E-state index contributed by atoms with van der Waals surface area (Å²) in [5, 5.41) is 0. The minimum atomic E-state index is 0. The lowest BCUT2D eigenvalue weighted by atomic mass is 14.0. The summed E-state index contributed by atoms with van der Waals surface area (Å²) in [4.78, 5) is 0. The van der Waals surface area contributed by atoms with Gasteiger partial charge in [-0.15, -0.1) is 161 Å². The number of hydrogen-bond acceptors (Lipinski definition) is 87. The molecule has 0 bridgehead atoms. The molecule has 87 nitrogen and oxygen atoms in total. The van der Waals surface area contributed by atoms with Crippen LogP contribution in [0.5, 0.6) is 0 Å². The summed E-state index contributed by atoms with van der Waals surface area (Å²) in [5.74, 6) is 0. The van der Waals surface area contributed by atoms with Crippen molar-refractivity contribution in [1.82, 2.24) is 535 Å². The predicted octanol–water partition coefficient (Wildman–Crippen LogP) is 19.6. The van der Waals surface area contributed by atoms with E-state index < -0.39 is 0 Å². The second kappa shape index (κ2) is 11400000. The highest BCUT2D eigenvalue weighted by Gasteiger charge is -0.126. The minimum absolute atomic E-state index is 0. The summed E-state index contributed by atoms with van der Waals surface area (Å²) < 4.78 is 0. The summed E-state index contributed by atoms with van der Waals surface area (Å²) >= 11 is 0. The van der Waals surface area contributed by atoms with Gasteiger partial charge >= 0.3 is 0 Å². The standard InChI is InChI=1S/13ClH.87H3N/h13*1H;87*1H3. The van der Waals surface area contributed by atoms with E-state index in [4.69, 9.17) is 0 Å². The van der Waals surface area contributed by atoms with Crippen molar-refractivity contribution in [3.8, 4) is 0 Å². The minimum Gasteiger partial charge on any atom is -0.344 e. The third kappa shape index (κ3) is 11100000. The van der Waals surface area contributed by atoms with E-state index >= 15 is 0 Å². The van der Waals surface area contributed by atoms with Crippen LogP contribution in [0.15, 0.2) is 0 Å². The second-order valence-electron chi connectivity index (χ2n) is 0. The smallest absolute Gasteiger partial charge is 0.147 e. The van der Waals surface area contributed by atoms with Crippen LogP contribution in [0.25, 0.3) is 0 Å². The van der Waals surface area contributed by atoms with Crippen molar-refractivity contribution in [3.63, 3.8) is 0 Å². The molecule has 0 aromatic rings. The van der Waals surface area contributed by atoms with Crippen LogP contribution in [-0.2, 0) is 0 Å². The molecule has 261 N–H and O–H groups in total. The molecule has 800 valence electrons. The predicted molar refractivity (Wildman–Crippen MR) is 531 cm³/mol. The fourth-order valence-corrected chi connectivity index (χ4v) is 0. The topological polar surface area (TPSA) is 3040 Å². The van der Waals surface area contributed by atoms with Gasteiger partial charge in [0.05, 0.1) is 0 Å². The fourth-order valence-electron chi connectivity index (χ4n) is 0. The molecular weight excluding hydrogens is 1680 g/mol. The van der Waals surface area contributed by atoms with Gasteiger partial charge in [0.15, 0.2) is 0 Å². The molecule has 0 aliphatic rings. The molecule has 100 heteroatoms. The van der Waals surface area contributed by atoms with E-state index in [9.17, 15) is 0 Å². The van der Waals surface area contributed by atoms with Gasteiger partial charge in [0.25, 0.3) is 0 Å². The normalized spacial score (nSPS) is 0. The lowest BCUT2D eigenvalue weighted by Crippen LogP contribution is -0.482. The molecule has 0 atom stereocenters. The van der Waals surface area contributed by atoms with Crippen molar-refractivity contribution < 1.29 is 0 Å². The van der Waals surface area contributed by atoms with Crippen LogP contribution >= 0.6 is 161 Å². The molecule has 0 unspecified atom stereocenters. The van der Waals surface area contributed by atoms with Crippen LogP contribution in [0, 0.1) is 0 Å². The first-order valence-corrected chi connectivity index (χ1v) is 0. The van der Waals surface area contributed by atoms with E-state index in [2.05, 4.69) is 0 Å². The van der Waals surface area contributed by atoms with E-state index in [1.807, 2.05) is 0 Å². The maximum Gasteiger partial charge on any atom is -0.147 e. The van der Waals surface area contributed by atoms with Crippen molar-refractivity contribution in [2.45, 2.75) is 0 Å². The van der Waals surface area contributed by atoms with Crippen molar-refractivity contribution in [2.75, 3.05) is 0 Å². The lowest BCUT2D eigenvalue weighted by molar-refractivity contribution is 2.13.